The quantitative estimate of drug-likeness (QED) is 0.434. The predicted molar refractivity (Wildman–Crippen MR) is 132 cm³/mol. The van der Waals surface area contributed by atoms with E-state index in [0.29, 0.717) is 11.4 Å². The van der Waals surface area contributed by atoms with Crippen molar-refractivity contribution in [3.8, 4) is 10.6 Å². The number of piperidine rings is 1. The van der Waals surface area contributed by atoms with Crippen LogP contribution < -0.4 is 10.2 Å². The predicted octanol–water partition coefficient (Wildman–Crippen LogP) is 3.99. The van der Waals surface area contributed by atoms with Crippen LogP contribution in [0.4, 0.5) is 5.69 Å². The third-order valence-electron chi connectivity index (χ3n) is 6.69. The number of aromatic nitrogens is 5. The van der Waals surface area contributed by atoms with Gasteiger partial charge in [-0.25, -0.2) is 9.97 Å². The number of ether oxygens (including phenoxy) is 1. The first-order chi connectivity index (χ1) is 16.4. The highest BCUT2D eigenvalue weighted by Gasteiger charge is 2.31. The summed E-state index contributed by atoms with van der Waals surface area (Å²) < 4.78 is 7.77. The van der Waals surface area contributed by atoms with Crippen LogP contribution in [0.5, 0.6) is 0 Å². The summed E-state index contributed by atoms with van der Waals surface area (Å²) in [7, 11) is 1.78. The number of nitrogens with one attached hydrogen (secondary N) is 2. The first-order valence-electron chi connectivity index (χ1n) is 11.4. The standard InChI is InChI=1S/C24H29N7O2S/c1-15-5-6-20(34-15)19-12-25-22-18(30-9-7-24(3,33-4)8-10-30)11-17(13-31(19)22)23(32)28-16(2)21-26-14-27-29-21/h5-6,11-14,16H,7-10H2,1-4H3,(H,28,32)(H,26,27,29)/t16-/m0/s1. The van der Waals surface area contributed by atoms with Crippen molar-refractivity contribution in [3.63, 3.8) is 0 Å². The molecule has 2 N–H and O–H groups in total. The van der Waals surface area contributed by atoms with Gasteiger partial charge in [-0.1, -0.05) is 0 Å². The molecule has 9 nitrogen and oxygen atoms in total. The second-order valence-electron chi connectivity index (χ2n) is 9.07. The normalized spacial score (nSPS) is 16.6. The average Bonchev–Trinajstić information content (AvgIpc) is 3.59. The van der Waals surface area contributed by atoms with Gasteiger partial charge in [0.15, 0.2) is 5.65 Å². The molecule has 178 valence electrons. The van der Waals surface area contributed by atoms with Gasteiger partial charge in [0.1, 0.15) is 12.2 Å². The van der Waals surface area contributed by atoms with E-state index in [-0.39, 0.29) is 17.6 Å². The molecule has 1 fully saturated rings. The van der Waals surface area contributed by atoms with Gasteiger partial charge in [-0.2, -0.15) is 5.10 Å². The maximum atomic E-state index is 13.3. The number of imidazole rings is 1. The number of methoxy groups -OCH3 is 1. The number of aromatic amines is 1. The second-order valence-corrected chi connectivity index (χ2v) is 10.4. The molecule has 1 atom stereocenters. The van der Waals surface area contributed by atoms with Crippen molar-refractivity contribution >= 4 is 28.6 Å². The number of hydrogen-bond donors (Lipinski definition) is 2. The zero-order chi connectivity index (χ0) is 23.9. The number of aryl methyl sites for hydroxylation is 1. The molecule has 1 aliphatic rings. The number of H-pyrrole nitrogens is 1. The molecule has 34 heavy (non-hydrogen) atoms. The number of thiophene rings is 1. The van der Waals surface area contributed by atoms with Crippen molar-refractivity contribution in [2.75, 3.05) is 25.1 Å². The van der Waals surface area contributed by atoms with E-state index in [1.54, 1.807) is 18.4 Å². The van der Waals surface area contributed by atoms with E-state index in [0.717, 1.165) is 47.8 Å². The number of anilines is 1. The van der Waals surface area contributed by atoms with E-state index >= 15 is 0 Å². The molecule has 0 aliphatic carbocycles. The molecule has 5 rings (SSSR count). The van der Waals surface area contributed by atoms with Crippen LogP contribution in [0.15, 0.2) is 36.9 Å². The summed E-state index contributed by atoms with van der Waals surface area (Å²) in [6, 6.07) is 5.86. The summed E-state index contributed by atoms with van der Waals surface area (Å²) in [6.07, 6.45) is 7.03. The minimum Gasteiger partial charge on any atom is -0.378 e. The van der Waals surface area contributed by atoms with Crippen LogP contribution >= 0.6 is 11.3 Å². The average molecular weight is 480 g/mol. The molecule has 0 bridgehead atoms. The molecular weight excluding hydrogens is 450 g/mol. The molecular formula is C24H29N7O2S. The molecule has 4 aromatic heterocycles. The fourth-order valence-corrected chi connectivity index (χ4v) is 5.25. The third-order valence-corrected chi connectivity index (χ3v) is 7.71. The Morgan fingerprint density at radius 1 is 1.29 bits per heavy atom. The van der Waals surface area contributed by atoms with Gasteiger partial charge < -0.3 is 15.0 Å². The highest BCUT2D eigenvalue weighted by atomic mass is 32.1. The summed E-state index contributed by atoms with van der Waals surface area (Å²) >= 11 is 1.72. The fourth-order valence-electron chi connectivity index (χ4n) is 4.38. The molecule has 1 saturated heterocycles. The Labute approximate surface area is 202 Å². The summed E-state index contributed by atoms with van der Waals surface area (Å²) in [4.78, 5) is 26.9. The fraction of sp³-hybridized carbons (Fsp3) is 0.417. The van der Waals surface area contributed by atoms with Gasteiger partial charge in [0.25, 0.3) is 5.91 Å². The molecule has 0 radical (unpaired) electrons. The van der Waals surface area contributed by atoms with Gasteiger partial charge in [-0.3, -0.25) is 14.3 Å². The molecule has 1 aliphatic heterocycles. The van der Waals surface area contributed by atoms with Crippen molar-refractivity contribution in [3.05, 3.63) is 53.2 Å². The van der Waals surface area contributed by atoms with Crippen LogP contribution in [0, 0.1) is 6.92 Å². The minimum absolute atomic E-state index is 0.122. The van der Waals surface area contributed by atoms with E-state index in [1.165, 1.54) is 11.2 Å². The smallest absolute Gasteiger partial charge is 0.253 e. The lowest BCUT2D eigenvalue weighted by molar-refractivity contribution is -0.0132. The zero-order valence-electron chi connectivity index (χ0n) is 19.8. The Bertz CT molecular complexity index is 1300. The highest BCUT2D eigenvalue weighted by molar-refractivity contribution is 7.15. The summed E-state index contributed by atoms with van der Waals surface area (Å²) in [5, 5.41) is 9.73. The number of nitrogens with zero attached hydrogens (tertiary/aromatic N) is 5. The molecule has 4 aromatic rings. The Morgan fingerprint density at radius 2 is 2.09 bits per heavy atom. The number of rotatable bonds is 6. The van der Waals surface area contributed by atoms with Gasteiger partial charge in [0.05, 0.1) is 39.7 Å². The minimum atomic E-state index is -0.297. The van der Waals surface area contributed by atoms with E-state index < -0.39 is 0 Å². The molecule has 0 spiro atoms. The molecule has 5 heterocycles. The first kappa shape index (κ1) is 22.5. The van der Waals surface area contributed by atoms with Crippen LogP contribution in [-0.2, 0) is 4.74 Å². The number of hydrogen-bond acceptors (Lipinski definition) is 7. The zero-order valence-corrected chi connectivity index (χ0v) is 20.6. The van der Waals surface area contributed by atoms with Gasteiger partial charge in [0, 0.05) is 31.3 Å². The Morgan fingerprint density at radius 3 is 2.74 bits per heavy atom. The molecule has 10 heteroatoms. The maximum Gasteiger partial charge on any atom is 0.253 e. The largest absolute Gasteiger partial charge is 0.378 e. The van der Waals surface area contributed by atoms with Gasteiger partial charge in [-0.05, 0) is 51.8 Å². The molecule has 0 aromatic carbocycles. The van der Waals surface area contributed by atoms with Crippen LogP contribution in [0.1, 0.15) is 53.8 Å². The summed E-state index contributed by atoms with van der Waals surface area (Å²) in [5.74, 6) is 0.440. The van der Waals surface area contributed by atoms with E-state index in [1.807, 2.05) is 29.8 Å². The van der Waals surface area contributed by atoms with Crippen molar-refractivity contribution in [2.24, 2.45) is 0 Å². The van der Waals surface area contributed by atoms with Crippen molar-refractivity contribution < 1.29 is 9.53 Å². The SMILES string of the molecule is COC1(C)CCN(c2cc(C(=O)N[C@@H](C)c3ncn[nH]3)cn3c(-c4ccc(C)s4)cnc23)CC1. The monoisotopic (exact) mass is 479 g/mol. The Kier molecular flexibility index (Phi) is 5.86. The number of carbonyl (C=O) groups excluding carboxylic acids is 1. The Balaban J connectivity index is 1.54. The topological polar surface area (TPSA) is 100 Å². The molecule has 0 saturated carbocycles. The molecule has 1 amide bonds. The summed E-state index contributed by atoms with van der Waals surface area (Å²) in [6.45, 7) is 7.79. The van der Waals surface area contributed by atoms with Gasteiger partial charge >= 0.3 is 0 Å². The first-order valence-corrected chi connectivity index (χ1v) is 12.2. The van der Waals surface area contributed by atoms with Crippen LogP contribution in [0.2, 0.25) is 0 Å². The van der Waals surface area contributed by atoms with Crippen LogP contribution in [-0.4, -0.2) is 56.3 Å². The maximum absolute atomic E-state index is 13.3. The Hall–Kier alpha value is -3.24. The lowest BCUT2D eigenvalue weighted by Gasteiger charge is -2.39. The van der Waals surface area contributed by atoms with Crippen LogP contribution in [0.25, 0.3) is 16.2 Å². The van der Waals surface area contributed by atoms with Gasteiger partial charge in [0.2, 0.25) is 0 Å². The van der Waals surface area contributed by atoms with Crippen molar-refractivity contribution in [1.29, 1.82) is 0 Å². The van der Waals surface area contributed by atoms with Gasteiger partial charge in [-0.15, -0.1) is 11.3 Å². The van der Waals surface area contributed by atoms with Crippen molar-refractivity contribution in [1.82, 2.24) is 29.9 Å². The number of carbonyl (C=O) groups is 1. The van der Waals surface area contributed by atoms with E-state index in [9.17, 15) is 4.79 Å². The van der Waals surface area contributed by atoms with E-state index in [4.69, 9.17) is 9.72 Å². The van der Waals surface area contributed by atoms with Crippen LogP contribution in [0.3, 0.4) is 0 Å². The third kappa shape index (κ3) is 4.19. The second kappa shape index (κ2) is 8.84. The highest BCUT2D eigenvalue weighted by Crippen LogP contribution is 2.34. The number of pyridine rings is 1. The van der Waals surface area contributed by atoms with Crippen molar-refractivity contribution in [2.45, 2.75) is 45.3 Å². The lowest BCUT2D eigenvalue weighted by atomic mass is 9.93. The van der Waals surface area contributed by atoms with E-state index in [2.05, 4.69) is 51.4 Å². The summed E-state index contributed by atoms with van der Waals surface area (Å²) in [5.41, 5.74) is 3.23. The lowest BCUT2D eigenvalue weighted by Crippen LogP contribution is -2.44. The number of amides is 1. The number of fused-ring (bicyclic) bond motifs is 1. The molecule has 0 unspecified atom stereocenters.